The first-order valence-corrected chi connectivity index (χ1v) is 8.93. The van der Waals surface area contributed by atoms with E-state index in [0.717, 1.165) is 25.7 Å². The summed E-state index contributed by atoms with van der Waals surface area (Å²) in [4.78, 5) is 12.1. The van der Waals surface area contributed by atoms with Crippen molar-refractivity contribution in [2.45, 2.75) is 43.9 Å². The number of carbonyl (C=O) groups excluding carboxylic acids is 1. The molecule has 6 nitrogen and oxygen atoms in total. The molecule has 4 N–H and O–H groups in total. The molecule has 0 radical (unpaired) electrons. The van der Waals surface area contributed by atoms with Crippen molar-refractivity contribution in [3.05, 3.63) is 23.8 Å². The van der Waals surface area contributed by atoms with Crippen molar-refractivity contribution in [1.29, 1.82) is 0 Å². The van der Waals surface area contributed by atoms with Crippen LogP contribution in [0.1, 0.15) is 37.7 Å². The number of anilines is 1. The molecule has 0 aliphatic carbocycles. The van der Waals surface area contributed by atoms with E-state index in [1.54, 1.807) is 19.1 Å². The number of nitrogens with two attached hydrogens (primary N) is 1. The lowest BCUT2D eigenvalue weighted by Crippen LogP contribution is -2.20. The Morgan fingerprint density at radius 2 is 1.86 bits per heavy atom. The summed E-state index contributed by atoms with van der Waals surface area (Å²) in [6.45, 7) is 2.36. The fourth-order valence-corrected chi connectivity index (χ4v) is 3.14. The molecule has 1 amide bonds. The quantitative estimate of drug-likeness (QED) is 0.601. The van der Waals surface area contributed by atoms with Gasteiger partial charge in [0.15, 0.2) is 0 Å². The van der Waals surface area contributed by atoms with Crippen LogP contribution in [-0.2, 0) is 14.8 Å². The molecule has 0 heterocycles. The van der Waals surface area contributed by atoms with Gasteiger partial charge in [0.25, 0.3) is 0 Å². The highest BCUT2D eigenvalue weighted by molar-refractivity contribution is 7.89. The second-order valence-electron chi connectivity index (χ2n) is 5.14. The summed E-state index contributed by atoms with van der Waals surface area (Å²) in [6.07, 6.45) is 4.20. The van der Waals surface area contributed by atoms with Crippen LogP contribution >= 0.6 is 0 Å². The van der Waals surface area contributed by atoms with Crippen molar-refractivity contribution in [1.82, 2.24) is 4.72 Å². The van der Waals surface area contributed by atoms with Gasteiger partial charge >= 0.3 is 0 Å². The van der Waals surface area contributed by atoms with E-state index in [4.69, 9.17) is 5.73 Å². The predicted octanol–water partition coefficient (Wildman–Crippen LogP) is 1.75. The van der Waals surface area contributed by atoms with E-state index >= 15 is 0 Å². The molecule has 22 heavy (non-hydrogen) atoms. The first-order chi connectivity index (χ1) is 10.4. The highest BCUT2D eigenvalue weighted by atomic mass is 32.2. The van der Waals surface area contributed by atoms with Gasteiger partial charge in [-0.1, -0.05) is 18.9 Å². The molecule has 0 bridgehead atoms. The number of carbonyl (C=O) groups is 1. The lowest BCUT2D eigenvalue weighted by atomic mass is 10.1. The lowest BCUT2D eigenvalue weighted by molar-refractivity contribution is -0.116. The molecular formula is C15H25N3O3S. The smallest absolute Gasteiger partial charge is 0.240 e. The average Bonchev–Trinajstić information content (AvgIpc) is 2.49. The number of unbranched alkanes of at least 4 members (excludes halogenated alkanes) is 3. The largest absolute Gasteiger partial charge is 0.330 e. The van der Waals surface area contributed by atoms with Crippen molar-refractivity contribution in [2.75, 3.05) is 18.9 Å². The maximum atomic E-state index is 11.9. The SMILES string of the molecule is CNS(=O)(=O)c1cccc(NC(=O)CCCCCCN)c1C. The van der Waals surface area contributed by atoms with E-state index in [-0.39, 0.29) is 10.8 Å². The van der Waals surface area contributed by atoms with Crippen molar-refractivity contribution in [2.24, 2.45) is 5.73 Å². The first-order valence-electron chi connectivity index (χ1n) is 7.45. The number of hydrogen-bond donors (Lipinski definition) is 3. The monoisotopic (exact) mass is 327 g/mol. The molecule has 0 fully saturated rings. The molecule has 7 heteroatoms. The minimum Gasteiger partial charge on any atom is -0.330 e. The fraction of sp³-hybridized carbons (Fsp3) is 0.533. The normalized spacial score (nSPS) is 11.4. The minimum atomic E-state index is -3.53. The van der Waals surface area contributed by atoms with Gasteiger partial charge in [-0.2, -0.15) is 0 Å². The molecule has 0 aromatic heterocycles. The predicted molar refractivity (Wildman–Crippen MR) is 88.2 cm³/mol. The maximum Gasteiger partial charge on any atom is 0.240 e. The number of rotatable bonds is 9. The summed E-state index contributed by atoms with van der Waals surface area (Å²) in [6, 6.07) is 4.84. The molecule has 1 rings (SSSR count). The Kier molecular flexibility index (Phi) is 7.50. The van der Waals surface area contributed by atoms with Crippen molar-refractivity contribution in [3.8, 4) is 0 Å². The van der Waals surface area contributed by atoms with Crippen molar-refractivity contribution >= 4 is 21.6 Å². The van der Waals surface area contributed by atoms with Crippen LogP contribution in [0.3, 0.4) is 0 Å². The molecule has 1 aromatic carbocycles. The van der Waals surface area contributed by atoms with Gasteiger partial charge in [0.2, 0.25) is 15.9 Å². The number of benzene rings is 1. The molecule has 0 unspecified atom stereocenters. The summed E-state index contributed by atoms with van der Waals surface area (Å²) in [7, 11) is -2.17. The number of sulfonamides is 1. The third-order valence-electron chi connectivity index (χ3n) is 3.47. The fourth-order valence-electron chi connectivity index (χ4n) is 2.15. The Balaban J connectivity index is 2.67. The lowest BCUT2D eigenvalue weighted by Gasteiger charge is -2.12. The van der Waals surface area contributed by atoms with Crippen LogP contribution in [0.15, 0.2) is 23.1 Å². The third kappa shape index (κ3) is 5.40. The molecular weight excluding hydrogens is 302 g/mol. The molecule has 1 aromatic rings. The van der Waals surface area contributed by atoms with E-state index in [1.165, 1.54) is 13.1 Å². The summed E-state index contributed by atoms with van der Waals surface area (Å²) in [5.41, 5.74) is 6.48. The van der Waals surface area contributed by atoms with E-state index in [0.29, 0.717) is 24.2 Å². The summed E-state index contributed by atoms with van der Waals surface area (Å²) in [5.74, 6) is -0.102. The zero-order chi connectivity index (χ0) is 16.6. The zero-order valence-electron chi connectivity index (χ0n) is 13.2. The minimum absolute atomic E-state index is 0.102. The van der Waals surface area contributed by atoms with E-state index in [9.17, 15) is 13.2 Å². The van der Waals surface area contributed by atoms with E-state index < -0.39 is 10.0 Å². The Morgan fingerprint density at radius 3 is 2.50 bits per heavy atom. The molecule has 0 aliphatic heterocycles. The van der Waals surface area contributed by atoms with Gasteiger partial charge in [-0.3, -0.25) is 4.79 Å². The van der Waals surface area contributed by atoms with E-state index in [1.807, 2.05) is 0 Å². The Hall–Kier alpha value is -1.44. The second-order valence-corrected chi connectivity index (χ2v) is 6.99. The first kappa shape index (κ1) is 18.6. The number of nitrogens with one attached hydrogen (secondary N) is 2. The van der Waals surface area contributed by atoms with Crippen LogP contribution in [0.25, 0.3) is 0 Å². The summed E-state index contributed by atoms with van der Waals surface area (Å²) < 4.78 is 26.1. The Morgan fingerprint density at radius 1 is 1.18 bits per heavy atom. The Labute approximate surface area is 132 Å². The van der Waals surface area contributed by atoms with Crippen LogP contribution < -0.4 is 15.8 Å². The molecule has 0 spiro atoms. The van der Waals surface area contributed by atoms with Crippen molar-refractivity contribution < 1.29 is 13.2 Å². The second kappa shape index (κ2) is 8.87. The van der Waals surface area contributed by atoms with Gasteiger partial charge in [-0.15, -0.1) is 0 Å². The van der Waals surface area contributed by atoms with E-state index in [2.05, 4.69) is 10.0 Å². The number of hydrogen-bond acceptors (Lipinski definition) is 4. The Bertz CT molecular complexity index is 600. The van der Waals surface area contributed by atoms with Crippen LogP contribution in [0.2, 0.25) is 0 Å². The summed E-state index contributed by atoms with van der Waals surface area (Å²) in [5, 5.41) is 2.78. The zero-order valence-corrected chi connectivity index (χ0v) is 14.0. The van der Waals surface area contributed by atoms with Gasteiger partial charge in [0, 0.05) is 12.1 Å². The molecule has 0 aliphatic rings. The van der Waals surface area contributed by atoms with Gasteiger partial charge in [0.05, 0.1) is 4.90 Å². The molecule has 0 saturated carbocycles. The van der Waals surface area contributed by atoms with Crippen LogP contribution in [-0.4, -0.2) is 27.9 Å². The van der Waals surface area contributed by atoms with Gasteiger partial charge in [0.1, 0.15) is 0 Å². The van der Waals surface area contributed by atoms with Gasteiger partial charge in [-0.05, 0) is 51.1 Å². The standard InChI is InChI=1S/C15H25N3O3S/c1-12-13(8-7-9-14(12)22(20,21)17-2)18-15(19)10-5-3-4-6-11-16/h7-9,17H,3-6,10-11,16H2,1-2H3,(H,18,19). The van der Waals surface area contributed by atoms with Crippen LogP contribution in [0.5, 0.6) is 0 Å². The third-order valence-corrected chi connectivity index (χ3v) is 5.03. The number of amides is 1. The topological polar surface area (TPSA) is 101 Å². The van der Waals surface area contributed by atoms with Gasteiger partial charge in [-0.25, -0.2) is 13.1 Å². The molecule has 0 saturated heterocycles. The molecule has 0 atom stereocenters. The highest BCUT2D eigenvalue weighted by Gasteiger charge is 2.17. The highest BCUT2D eigenvalue weighted by Crippen LogP contribution is 2.23. The van der Waals surface area contributed by atoms with Crippen molar-refractivity contribution in [3.63, 3.8) is 0 Å². The average molecular weight is 327 g/mol. The molecule has 124 valence electrons. The van der Waals surface area contributed by atoms with Crippen LogP contribution in [0.4, 0.5) is 5.69 Å². The van der Waals surface area contributed by atoms with Gasteiger partial charge < -0.3 is 11.1 Å². The summed E-state index contributed by atoms with van der Waals surface area (Å²) >= 11 is 0. The maximum absolute atomic E-state index is 11.9. The van der Waals surface area contributed by atoms with Crippen LogP contribution in [0, 0.1) is 6.92 Å².